The molecule has 1 aromatic carbocycles. The van der Waals surface area contributed by atoms with Gasteiger partial charge in [0.2, 0.25) is 0 Å². The highest BCUT2D eigenvalue weighted by Crippen LogP contribution is 2.25. The monoisotopic (exact) mass is 308 g/mol. The molecule has 0 saturated carbocycles. The topological polar surface area (TPSA) is 93.1 Å². The Labute approximate surface area is 129 Å². The summed E-state index contributed by atoms with van der Waals surface area (Å²) in [6.07, 6.45) is 2.42. The van der Waals surface area contributed by atoms with E-state index in [1.165, 1.54) is 18.2 Å². The molecule has 1 rings (SSSR count). The molecule has 2 N–H and O–H groups in total. The second-order valence-corrected chi connectivity index (χ2v) is 4.57. The first-order valence-electron chi connectivity index (χ1n) is 7.07. The largest absolute Gasteiger partial charge is 0.508 e. The smallest absolute Gasteiger partial charge is 0.345 e. The quantitative estimate of drug-likeness (QED) is 0.348. The average Bonchev–Trinajstić information content (AvgIpc) is 2.49. The first-order chi connectivity index (χ1) is 10.5. The number of carbonyl (C=O) groups excluding carboxylic acids is 2. The zero-order chi connectivity index (χ0) is 16.5. The number of ether oxygens (including phenoxy) is 2. The van der Waals surface area contributed by atoms with Crippen molar-refractivity contribution in [1.82, 2.24) is 0 Å². The van der Waals surface area contributed by atoms with Crippen LogP contribution in [0.4, 0.5) is 0 Å². The number of rotatable bonds is 7. The van der Waals surface area contributed by atoms with E-state index in [2.05, 4.69) is 0 Å². The Kier molecular flexibility index (Phi) is 6.95. The molecule has 0 bridgehead atoms. The summed E-state index contributed by atoms with van der Waals surface area (Å²) < 4.78 is 9.90. The molecule has 0 atom stereocenters. The van der Waals surface area contributed by atoms with Crippen molar-refractivity contribution >= 4 is 18.0 Å². The van der Waals surface area contributed by atoms with Crippen molar-refractivity contribution in [1.29, 1.82) is 0 Å². The predicted molar refractivity (Wildman–Crippen MR) is 80.2 cm³/mol. The van der Waals surface area contributed by atoms with Crippen molar-refractivity contribution in [3.63, 3.8) is 0 Å². The first-order valence-corrected chi connectivity index (χ1v) is 7.07. The van der Waals surface area contributed by atoms with Crippen LogP contribution < -0.4 is 0 Å². The lowest BCUT2D eigenvalue weighted by Gasteiger charge is -2.08. The Balaban J connectivity index is 3.09. The normalized spacial score (nSPS) is 9.91. The fourth-order valence-corrected chi connectivity index (χ4v) is 1.56. The van der Waals surface area contributed by atoms with E-state index in [1.54, 1.807) is 0 Å². The van der Waals surface area contributed by atoms with E-state index in [1.807, 2.05) is 13.8 Å². The van der Waals surface area contributed by atoms with Crippen LogP contribution in [0, 0.1) is 0 Å². The van der Waals surface area contributed by atoms with Gasteiger partial charge in [-0.1, -0.05) is 13.8 Å². The van der Waals surface area contributed by atoms with Crippen molar-refractivity contribution in [2.24, 2.45) is 0 Å². The minimum Gasteiger partial charge on any atom is -0.508 e. The summed E-state index contributed by atoms with van der Waals surface area (Å²) in [6, 6.07) is 3.82. The van der Waals surface area contributed by atoms with Gasteiger partial charge in [-0.2, -0.15) is 0 Å². The van der Waals surface area contributed by atoms with Crippen molar-refractivity contribution in [2.45, 2.75) is 26.7 Å². The van der Waals surface area contributed by atoms with Crippen molar-refractivity contribution in [3.8, 4) is 11.5 Å². The van der Waals surface area contributed by atoms with Gasteiger partial charge in [0.15, 0.2) is 0 Å². The van der Waals surface area contributed by atoms with E-state index in [-0.39, 0.29) is 35.8 Å². The second kappa shape index (κ2) is 8.71. The molecule has 0 spiro atoms. The molecule has 0 aromatic heterocycles. The van der Waals surface area contributed by atoms with Gasteiger partial charge in [0.1, 0.15) is 17.1 Å². The molecule has 0 heterocycles. The molecule has 0 aliphatic heterocycles. The van der Waals surface area contributed by atoms with Crippen LogP contribution in [-0.4, -0.2) is 35.4 Å². The summed E-state index contributed by atoms with van der Waals surface area (Å²) in [7, 11) is 0. The zero-order valence-electron chi connectivity index (χ0n) is 12.7. The minimum absolute atomic E-state index is 0.127. The Morgan fingerprint density at radius 1 is 1.05 bits per heavy atom. The summed E-state index contributed by atoms with van der Waals surface area (Å²) in [4.78, 5) is 23.9. The summed E-state index contributed by atoms with van der Waals surface area (Å²) in [5.74, 6) is -2.01. The summed E-state index contributed by atoms with van der Waals surface area (Å²) >= 11 is 0. The summed E-state index contributed by atoms with van der Waals surface area (Å²) in [5, 5.41) is 19.0. The van der Waals surface area contributed by atoms with Crippen LogP contribution in [0.25, 0.3) is 6.08 Å². The molecule has 22 heavy (non-hydrogen) atoms. The molecule has 0 fully saturated rings. The van der Waals surface area contributed by atoms with Crippen LogP contribution >= 0.6 is 0 Å². The highest BCUT2D eigenvalue weighted by atomic mass is 16.6. The number of hydrogen-bond donors (Lipinski definition) is 2. The molecular formula is C16H20O6. The fourth-order valence-electron chi connectivity index (χ4n) is 1.56. The SMILES string of the molecule is CCCOC(=O)C(=Cc1ccc(O)cc1O)C(=O)OCCC. The number of phenols is 2. The Hall–Kier alpha value is -2.50. The van der Waals surface area contributed by atoms with E-state index in [0.717, 1.165) is 6.07 Å². The minimum atomic E-state index is -0.810. The molecule has 6 heteroatoms. The van der Waals surface area contributed by atoms with Crippen molar-refractivity contribution in [3.05, 3.63) is 29.3 Å². The van der Waals surface area contributed by atoms with E-state index < -0.39 is 11.9 Å². The fraction of sp³-hybridized carbons (Fsp3) is 0.375. The molecule has 120 valence electrons. The van der Waals surface area contributed by atoms with E-state index >= 15 is 0 Å². The van der Waals surface area contributed by atoms with Crippen LogP contribution in [0.15, 0.2) is 23.8 Å². The predicted octanol–water partition coefficient (Wildman–Crippen LogP) is 2.39. The van der Waals surface area contributed by atoms with E-state index in [4.69, 9.17) is 9.47 Å². The van der Waals surface area contributed by atoms with Crippen molar-refractivity contribution in [2.75, 3.05) is 13.2 Å². The third-order valence-electron chi connectivity index (χ3n) is 2.63. The van der Waals surface area contributed by atoms with E-state index in [9.17, 15) is 19.8 Å². The molecule has 0 amide bonds. The maximum Gasteiger partial charge on any atom is 0.345 e. The Morgan fingerprint density at radius 2 is 1.59 bits per heavy atom. The maximum absolute atomic E-state index is 12.0. The molecular weight excluding hydrogens is 288 g/mol. The molecule has 0 aliphatic rings. The van der Waals surface area contributed by atoms with Crippen LogP contribution in [-0.2, 0) is 19.1 Å². The first kappa shape index (κ1) is 17.6. The second-order valence-electron chi connectivity index (χ2n) is 4.57. The zero-order valence-corrected chi connectivity index (χ0v) is 12.7. The molecule has 1 aromatic rings. The maximum atomic E-state index is 12.0. The van der Waals surface area contributed by atoms with Gasteiger partial charge < -0.3 is 19.7 Å². The number of aromatic hydroxyl groups is 2. The summed E-state index contributed by atoms with van der Waals surface area (Å²) in [6.45, 7) is 4.02. The van der Waals surface area contributed by atoms with Crippen LogP contribution in [0.2, 0.25) is 0 Å². The third kappa shape index (κ3) is 5.12. The number of hydrogen-bond acceptors (Lipinski definition) is 6. The van der Waals surface area contributed by atoms with Crippen LogP contribution in [0.3, 0.4) is 0 Å². The average molecular weight is 308 g/mol. The van der Waals surface area contributed by atoms with Crippen LogP contribution in [0.5, 0.6) is 11.5 Å². The number of carbonyl (C=O) groups is 2. The number of phenolic OH excluding ortho intramolecular Hbond substituents is 2. The highest BCUT2D eigenvalue weighted by Gasteiger charge is 2.22. The van der Waals surface area contributed by atoms with Gasteiger partial charge in [-0.05, 0) is 31.1 Å². The molecule has 0 radical (unpaired) electrons. The van der Waals surface area contributed by atoms with Gasteiger partial charge >= 0.3 is 11.9 Å². The number of esters is 2. The van der Waals surface area contributed by atoms with Gasteiger partial charge in [0, 0.05) is 11.6 Å². The molecule has 0 saturated heterocycles. The van der Waals surface area contributed by atoms with E-state index in [0.29, 0.717) is 12.8 Å². The molecule has 0 aliphatic carbocycles. The molecule has 6 nitrogen and oxygen atoms in total. The Bertz CT molecular complexity index is 540. The molecule has 0 unspecified atom stereocenters. The lowest BCUT2D eigenvalue weighted by Crippen LogP contribution is -2.19. The number of benzene rings is 1. The van der Waals surface area contributed by atoms with Gasteiger partial charge in [-0.3, -0.25) is 0 Å². The third-order valence-corrected chi connectivity index (χ3v) is 2.63. The summed E-state index contributed by atoms with van der Waals surface area (Å²) in [5.41, 5.74) is -0.0995. The van der Waals surface area contributed by atoms with Gasteiger partial charge in [0.05, 0.1) is 13.2 Å². The Morgan fingerprint density at radius 3 is 2.05 bits per heavy atom. The highest BCUT2D eigenvalue weighted by molar-refractivity contribution is 6.17. The standard InChI is InChI=1S/C16H20O6/c1-3-7-21-15(19)13(16(20)22-8-4-2)9-11-5-6-12(17)10-14(11)18/h5-6,9-10,17-18H,3-4,7-8H2,1-2H3. The van der Waals surface area contributed by atoms with Crippen molar-refractivity contribution < 1.29 is 29.3 Å². The lowest BCUT2D eigenvalue weighted by atomic mass is 10.1. The lowest BCUT2D eigenvalue weighted by molar-refractivity contribution is -0.147. The van der Waals surface area contributed by atoms with Gasteiger partial charge in [-0.15, -0.1) is 0 Å². The van der Waals surface area contributed by atoms with Gasteiger partial charge in [0.25, 0.3) is 0 Å². The van der Waals surface area contributed by atoms with Gasteiger partial charge in [-0.25, -0.2) is 9.59 Å². The van der Waals surface area contributed by atoms with Crippen LogP contribution in [0.1, 0.15) is 32.3 Å².